The van der Waals surface area contributed by atoms with Crippen molar-refractivity contribution in [3.63, 3.8) is 0 Å². The van der Waals surface area contributed by atoms with Crippen LogP contribution in [0.25, 0.3) is 16.9 Å². The minimum atomic E-state index is -1.13. The van der Waals surface area contributed by atoms with E-state index in [1.807, 2.05) is 0 Å². The fourth-order valence-electron chi connectivity index (χ4n) is 2.49. The third-order valence-electron chi connectivity index (χ3n) is 3.60. The normalized spacial score (nSPS) is 10.8. The lowest BCUT2D eigenvalue weighted by Crippen LogP contribution is -2.03. The van der Waals surface area contributed by atoms with E-state index < -0.39 is 5.97 Å². The summed E-state index contributed by atoms with van der Waals surface area (Å²) in [6.07, 6.45) is 0. The Morgan fingerprint density at radius 2 is 1.79 bits per heavy atom. The SMILES string of the molecule is Cc1c(C(=O)O)nn(-c2ccc(O)cc2Cl)c1-c1ccc(Cl)cc1. The van der Waals surface area contributed by atoms with Gasteiger partial charge in [-0.05, 0) is 31.2 Å². The van der Waals surface area contributed by atoms with E-state index in [1.54, 1.807) is 37.3 Å². The molecule has 0 saturated carbocycles. The monoisotopic (exact) mass is 362 g/mol. The molecule has 7 heteroatoms. The molecule has 0 bridgehead atoms. The van der Waals surface area contributed by atoms with Gasteiger partial charge in [-0.2, -0.15) is 5.10 Å². The molecule has 3 rings (SSSR count). The lowest BCUT2D eigenvalue weighted by molar-refractivity contribution is 0.0689. The van der Waals surface area contributed by atoms with Crippen molar-refractivity contribution >= 4 is 29.2 Å². The predicted octanol–water partition coefficient (Wildman–Crippen LogP) is 4.56. The molecule has 0 atom stereocenters. The highest BCUT2D eigenvalue weighted by molar-refractivity contribution is 6.32. The minimum absolute atomic E-state index is 0.0131. The predicted molar refractivity (Wildman–Crippen MR) is 92.4 cm³/mol. The van der Waals surface area contributed by atoms with Gasteiger partial charge in [0.05, 0.1) is 16.4 Å². The Morgan fingerprint density at radius 3 is 2.38 bits per heavy atom. The zero-order valence-electron chi connectivity index (χ0n) is 12.5. The molecule has 0 fully saturated rings. The smallest absolute Gasteiger partial charge is 0.356 e. The van der Waals surface area contributed by atoms with Crippen molar-refractivity contribution in [2.24, 2.45) is 0 Å². The number of carbonyl (C=O) groups is 1. The quantitative estimate of drug-likeness (QED) is 0.715. The van der Waals surface area contributed by atoms with Crippen LogP contribution >= 0.6 is 23.2 Å². The summed E-state index contributed by atoms with van der Waals surface area (Å²) in [7, 11) is 0. The summed E-state index contributed by atoms with van der Waals surface area (Å²) in [5.74, 6) is -1.12. The van der Waals surface area contributed by atoms with E-state index >= 15 is 0 Å². The topological polar surface area (TPSA) is 75.3 Å². The van der Waals surface area contributed by atoms with Gasteiger partial charge in [0.2, 0.25) is 0 Å². The van der Waals surface area contributed by atoms with Gasteiger partial charge in [-0.1, -0.05) is 35.3 Å². The van der Waals surface area contributed by atoms with Crippen LogP contribution in [-0.4, -0.2) is 26.0 Å². The Labute approximate surface area is 147 Å². The Hall–Kier alpha value is -2.50. The second-order valence-electron chi connectivity index (χ2n) is 5.18. The Kier molecular flexibility index (Phi) is 4.22. The van der Waals surface area contributed by atoms with Crippen LogP contribution in [0.2, 0.25) is 10.0 Å². The molecule has 0 aliphatic rings. The number of aromatic hydroxyl groups is 1. The van der Waals surface area contributed by atoms with Crippen molar-refractivity contribution in [1.82, 2.24) is 9.78 Å². The summed E-state index contributed by atoms with van der Waals surface area (Å²) in [4.78, 5) is 11.5. The fraction of sp³-hybridized carbons (Fsp3) is 0.0588. The average molecular weight is 363 g/mol. The number of nitrogens with zero attached hydrogens (tertiary/aromatic N) is 2. The van der Waals surface area contributed by atoms with Crippen molar-refractivity contribution in [2.75, 3.05) is 0 Å². The van der Waals surface area contributed by atoms with E-state index in [0.29, 0.717) is 22.0 Å². The first-order valence-corrected chi connectivity index (χ1v) is 7.72. The Bertz CT molecular complexity index is 934. The largest absolute Gasteiger partial charge is 0.508 e. The number of halogens is 2. The van der Waals surface area contributed by atoms with E-state index in [0.717, 1.165) is 5.56 Å². The molecule has 2 aromatic carbocycles. The van der Waals surface area contributed by atoms with Crippen LogP contribution in [0.4, 0.5) is 0 Å². The molecule has 1 heterocycles. The number of carboxylic acid groups (broad SMARTS) is 1. The zero-order chi connectivity index (χ0) is 17.4. The fourth-order valence-corrected chi connectivity index (χ4v) is 2.87. The number of aromatic nitrogens is 2. The molecular weight excluding hydrogens is 351 g/mol. The number of rotatable bonds is 3. The first kappa shape index (κ1) is 16.4. The summed E-state index contributed by atoms with van der Waals surface area (Å²) < 4.78 is 1.46. The van der Waals surface area contributed by atoms with Gasteiger partial charge in [-0.25, -0.2) is 9.48 Å². The average Bonchev–Trinajstić information content (AvgIpc) is 2.86. The molecule has 0 aliphatic carbocycles. The summed E-state index contributed by atoms with van der Waals surface area (Å²) in [5.41, 5.74) is 2.26. The van der Waals surface area contributed by atoms with Crippen LogP contribution in [0.5, 0.6) is 5.75 Å². The molecular formula is C17H12Cl2N2O3. The second-order valence-corrected chi connectivity index (χ2v) is 6.03. The van der Waals surface area contributed by atoms with Crippen molar-refractivity contribution in [1.29, 1.82) is 0 Å². The second kappa shape index (κ2) is 6.19. The van der Waals surface area contributed by atoms with E-state index in [-0.39, 0.29) is 16.5 Å². The maximum Gasteiger partial charge on any atom is 0.356 e. The summed E-state index contributed by atoms with van der Waals surface area (Å²) in [6, 6.07) is 11.4. The van der Waals surface area contributed by atoms with Gasteiger partial charge in [0.25, 0.3) is 0 Å². The van der Waals surface area contributed by atoms with Crippen molar-refractivity contribution in [3.05, 3.63) is 63.8 Å². The van der Waals surface area contributed by atoms with Crippen LogP contribution in [0.15, 0.2) is 42.5 Å². The van der Waals surface area contributed by atoms with Crippen LogP contribution in [0, 0.1) is 6.92 Å². The third kappa shape index (κ3) is 2.84. The molecule has 3 aromatic rings. The van der Waals surface area contributed by atoms with E-state index in [1.165, 1.54) is 16.8 Å². The lowest BCUT2D eigenvalue weighted by Gasteiger charge is -2.11. The molecule has 24 heavy (non-hydrogen) atoms. The van der Waals surface area contributed by atoms with Crippen molar-refractivity contribution < 1.29 is 15.0 Å². The van der Waals surface area contributed by atoms with Gasteiger partial charge in [0, 0.05) is 22.2 Å². The van der Waals surface area contributed by atoms with Crippen molar-refractivity contribution in [3.8, 4) is 22.7 Å². The first-order valence-electron chi connectivity index (χ1n) is 6.96. The summed E-state index contributed by atoms with van der Waals surface area (Å²) in [5, 5.41) is 23.9. The minimum Gasteiger partial charge on any atom is -0.508 e. The molecule has 0 amide bonds. The van der Waals surface area contributed by atoms with Crippen LogP contribution < -0.4 is 0 Å². The van der Waals surface area contributed by atoms with Gasteiger partial charge < -0.3 is 10.2 Å². The molecule has 0 radical (unpaired) electrons. The highest BCUT2D eigenvalue weighted by Crippen LogP contribution is 2.33. The standard InChI is InChI=1S/C17H12Cl2N2O3/c1-9-15(17(23)24)20-21(14-7-6-12(22)8-13(14)19)16(9)10-2-4-11(18)5-3-10/h2-8,22H,1H3,(H,23,24). The Balaban J connectivity index is 2.30. The molecule has 5 nitrogen and oxygen atoms in total. The van der Waals surface area contributed by atoms with Gasteiger partial charge in [-0.3, -0.25) is 0 Å². The molecule has 0 unspecified atom stereocenters. The molecule has 0 spiro atoms. The number of phenolic OH excluding ortho intramolecular Hbond substituents is 1. The molecule has 0 saturated heterocycles. The number of phenols is 1. The molecule has 0 aliphatic heterocycles. The van der Waals surface area contributed by atoms with Crippen LogP contribution in [0.3, 0.4) is 0 Å². The van der Waals surface area contributed by atoms with Gasteiger partial charge in [0.15, 0.2) is 5.69 Å². The first-order chi connectivity index (χ1) is 11.4. The third-order valence-corrected chi connectivity index (χ3v) is 4.16. The summed E-state index contributed by atoms with van der Waals surface area (Å²) >= 11 is 12.1. The maximum absolute atomic E-state index is 11.5. The highest BCUT2D eigenvalue weighted by atomic mass is 35.5. The lowest BCUT2D eigenvalue weighted by atomic mass is 10.1. The van der Waals surface area contributed by atoms with E-state index in [9.17, 15) is 15.0 Å². The number of benzene rings is 2. The molecule has 122 valence electrons. The number of hydrogen-bond acceptors (Lipinski definition) is 3. The van der Waals surface area contributed by atoms with Gasteiger partial charge in [0.1, 0.15) is 5.75 Å². The highest BCUT2D eigenvalue weighted by Gasteiger charge is 2.22. The number of hydrogen-bond donors (Lipinski definition) is 2. The maximum atomic E-state index is 11.5. The van der Waals surface area contributed by atoms with E-state index in [2.05, 4.69) is 5.10 Å². The summed E-state index contributed by atoms with van der Waals surface area (Å²) in [6.45, 7) is 1.69. The van der Waals surface area contributed by atoms with E-state index in [4.69, 9.17) is 23.2 Å². The molecule has 2 N–H and O–H groups in total. The number of aromatic carboxylic acids is 1. The number of carboxylic acids is 1. The molecule has 1 aromatic heterocycles. The van der Waals surface area contributed by atoms with Gasteiger partial charge in [-0.15, -0.1) is 0 Å². The van der Waals surface area contributed by atoms with Crippen molar-refractivity contribution in [2.45, 2.75) is 6.92 Å². The van der Waals surface area contributed by atoms with Gasteiger partial charge >= 0.3 is 5.97 Å². The van der Waals surface area contributed by atoms with Crippen LogP contribution in [-0.2, 0) is 0 Å². The Morgan fingerprint density at radius 1 is 1.12 bits per heavy atom. The van der Waals surface area contributed by atoms with Crippen LogP contribution in [0.1, 0.15) is 16.1 Å². The zero-order valence-corrected chi connectivity index (χ0v) is 14.0.